The number of sulfonamides is 1. The molecule has 3 rings (SSSR count). The van der Waals surface area contributed by atoms with Gasteiger partial charge in [-0.15, -0.1) is 0 Å². The van der Waals surface area contributed by atoms with Crippen LogP contribution in [0.3, 0.4) is 0 Å². The monoisotopic (exact) mass is 401 g/mol. The Bertz CT molecular complexity index is 1020. The van der Waals surface area contributed by atoms with Gasteiger partial charge in [0, 0.05) is 0 Å². The fourth-order valence-electron chi connectivity index (χ4n) is 3.25. The fraction of sp³-hybridized carbons (Fsp3) is 0.300. The number of anilines is 3. The first kappa shape index (κ1) is 19.9. The van der Waals surface area contributed by atoms with Crippen LogP contribution in [0.5, 0.6) is 0 Å². The minimum Gasteiger partial charge on any atom is -0.323 e. The molecule has 0 atom stereocenters. The molecule has 28 heavy (non-hydrogen) atoms. The second kappa shape index (κ2) is 7.63. The molecule has 1 aliphatic rings. The minimum atomic E-state index is -3.71. The first-order valence-electron chi connectivity index (χ1n) is 8.94. The zero-order valence-electron chi connectivity index (χ0n) is 16.0. The Morgan fingerprint density at radius 3 is 2.46 bits per heavy atom. The number of para-hydroxylation sites is 3. The van der Waals surface area contributed by atoms with Gasteiger partial charge in [0.15, 0.2) is 0 Å². The van der Waals surface area contributed by atoms with Crippen LogP contribution >= 0.6 is 0 Å². The van der Waals surface area contributed by atoms with Crippen molar-refractivity contribution in [1.29, 1.82) is 0 Å². The number of hydrogen-bond acceptors (Lipinski definition) is 4. The molecule has 0 radical (unpaired) electrons. The highest BCUT2D eigenvalue weighted by Gasteiger charge is 2.31. The lowest BCUT2D eigenvalue weighted by Gasteiger charge is -2.32. The molecule has 0 spiro atoms. The van der Waals surface area contributed by atoms with E-state index in [1.807, 2.05) is 26.0 Å². The summed E-state index contributed by atoms with van der Waals surface area (Å²) in [6, 6.07) is 14.1. The first-order valence-corrected chi connectivity index (χ1v) is 10.8. The van der Waals surface area contributed by atoms with E-state index in [9.17, 15) is 18.0 Å². The second-order valence-electron chi connectivity index (χ2n) is 7.03. The van der Waals surface area contributed by atoms with Gasteiger partial charge in [0.1, 0.15) is 13.1 Å². The van der Waals surface area contributed by atoms with Crippen LogP contribution in [0.15, 0.2) is 48.5 Å². The first-order chi connectivity index (χ1) is 13.2. The van der Waals surface area contributed by atoms with E-state index in [0.717, 1.165) is 16.1 Å². The summed E-state index contributed by atoms with van der Waals surface area (Å²) < 4.78 is 26.1. The molecule has 1 N–H and O–H groups in total. The van der Waals surface area contributed by atoms with Gasteiger partial charge in [0.2, 0.25) is 21.8 Å². The summed E-state index contributed by atoms with van der Waals surface area (Å²) in [7, 11) is -3.71. The lowest BCUT2D eigenvalue weighted by Crippen LogP contribution is -2.48. The van der Waals surface area contributed by atoms with Gasteiger partial charge < -0.3 is 5.32 Å². The quantitative estimate of drug-likeness (QED) is 0.834. The minimum absolute atomic E-state index is 0.0806. The average Bonchev–Trinajstić information content (AvgIpc) is 2.64. The van der Waals surface area contributed by atoms with Crippen LogP contribution in [0.1, 0.15) is 25.3 Å². The van der Waals surface area contributed by atoms with Gasteiger partial charge in [0.05, 0.1) is 23.3 Å². The van der Waals surface area contributed by atoms with Crippen molar-refractivity contribution < 1.29 is 18.0 Å². The van der Waals surface area contributed by atoms with E-state index in [1.165, 1.54) is 4.90 Å². The number of benzene rings is 2. The Morgan fingerprint density at radius 2 is 1.79 bits per heavy atom. The maximum Gasteiger partial charge on any atom is 0.248 e. The summed E-state index contributed by atoms with van der Waals surface area (Å²) in [6.45, 7) is 3.39. The van der Waals surface area contributed by atoms with Gasteiger partial charge in [0.25, 0.3) is 0 Å². The van der Waals surface area contributed by atoms with E-state index >= 15 is 0 Å². The SMILES string of the molecule is CC(C)c1ccccc1N(CC(=O)N1CC(=O)Nc2ccccc21)S(C)(=O)=O. The van der Waals surface area contributed by atoms with E-state index in [0.29, 0.717) is 17.1 Å². The van der Waals surface area contributed by atoms with Crippen LogP contribution in [0, 0.1) is 0 Å². The molecule has 2 aromatic rings. The Hall–Kier alpha value is -2.87. The molecule has 1 heterocycles. The normalized spacial score (nSPS) is 13.9. The van der Waals surface area contributed by atoms with Crippen molar-refractivity contribution >= 4 is 38.9 Å². The van der Waals surface area contributed by atoms with Crippen LogP contribution in [0.4, 0.5) is 17.1 Å². The molecule has 0 aliphatic carbocycles. The van der Waals surface area contributed by atoms with Crippen molar-refractivity contribution in [3.63, 3.8) is 0 Å². The highest BCUT2D eigenvalue weighted by atomic mass is 32.2. The molecule has 0 bridgehead atoms. The molecule has 0 saturated heterocycles. The summed E-state index contributed by atoms with van der Waals surface area (Å²) in [5.74, 6) is -0.705. The van der Waals surface area contributed by atoms with E-state index in [2.05, 4.69) is 5.32 Å². The maximum atomic E-state index is 13.1. The third-order valence-electron chi connectivity index (χ3n) is 4.58. The average molecular weight is 401 g/mol. The summed E-state index contributed by atoms with van der Waals surface area (Å²) in [5.41, 5.74) is 2.39. The van der Waals surface area contributed by atoms with E-state index in [1.54, 1.807) is 36.4 Å². The lowest BCUT2D eigenvalue weighted by atomic mass is 10.0. The van der Waals surface area contributed by atoms with Gasteiger partial charge in [-0.25, -0.2) is 8.42 Å². The number of nitrogens with one attached hydrogen (secondary N) is 1. The highest BCUT2D eigenvalue weighted by Crippen LogP contribution is 2.31. The molecular formula is C20H23N3O4S. The molecule has 2 aromatic carbocycles. The molecule has 0 unspecified atom stereocenters. The lowest BCUT2D eigenvalue weighted by molar-refractivity contribution is -0.121. The van der Waals surface area contributed by atoms with Gasteiger partial charge in [-0.1, -0.05) is 44.2 Å². The largest absolute Gasteiger partial charge is 0.323 e. The van der Waals surface area contributed by atoms with Crippen molar-refractivity contribution in [2.24, 2.45) is 0 Å². The van der Waals surface area contributed by atoms with E-state index in [4.69, 9.17) is 0 Å². The zero-order valence-corrected chi connectivity index (χ0v) is 16.9. The Kier molecular flexibility index (Phi) is 5.42. The Balaban J connectivity index is 1.98. The standard InChI is InChI=1S/C20H23N3O4S/c1-14(2)15-8-4-6-10-17(15)23(28(3,26)27)13-20(25)22-12-19(24)21-16-9-5-7-11-18(16)22/h4-11,14H,12-13H2,1-3H3,(H,21,24). The molecule has 1 aliphatic heterocycles. The van der Waals surface area contributed by atoms with Gasteiger partial charge in [-0.05, 0) is 29.7 Å². The van der Waals surface area contributed by atoms with Gasteiger partial charge >= 0.3 is 0 Å². The zero-order chi connectivity index (χ0) is 20.5. The van der Waals surface area contributed by atoms with Crippen molar-refractivity contribution in [1.82, 2.24) is 0 Å². The van der Waals surface area contributed by atoms with Gasteiger partial charge in [-0.2, -0.15) is 0 Å². The summed E-state index contributed by atoms with van der Waals surface area (Å²) in [4.78, 5) is 26.4. The topological polar surface area (TPSA) is 86.8 Å². The fourth-order valence-corrected chi connectivity index (χ4v) is 4.12. The predicted octanol–water partition coefficient (Wildman–Crippen LogP) is 2.56. The predicted molar refractivity (Wildman–Crippen MR) is 110 cm³/mol. The van der Waals surface area contributed by atoms with Crippen LogP contribution in [-0.2, 0) is 19.6 Å². The molecular weight excluding hydrogens is 378 g/mol. The van der Waals surface area contributed by atoms with Crippen LogP contribution in [0.25, 0.3) is 0 Å². The summed E-state index contributed by atoms with van der Waals surface area (Å²) in [6.07, 6.45) is 1.08. The molecule has 0 fully saturated rings. The number of rotatable bonds is 5. The molecule has 0 saturated carbocycles. The van der Waals surface area contributed by atoms with Crippen molar-refractivity contribution in [3.05, 3.63) is 54.1 Å². The molecule has 0 aromatic heterocycles. The Morgan fingerprint density at radius 1 is 1.14 bits per heavy atom. The van der Waals surface area contributed by atoms with E-state index in [-0.39, 0.29) is 24.9 Å². The van der Waals surface area contributed by atoms with Crippen LogP contribution < -0.4 is 14.5 Å². The number of hydrogen-bond donors (Lipinski definition) is 1. The van der Waals surface area contributed by atoms with Crippen LogP contribution in [-0.4, -0.2) is 39.6 Å². The third-order valence-corrected chi connectivity index (χ3v) is 5.70. The van der Waals surface area contributed by atoms with E-state index < -0.39 is 15.9 Å². The number of amides is 2. The third kappa shape index (κ3) is 4.01. The Labute approximate surface area is 165 Å². The summed E-state index contributed by atoms with van der Waals surface area (Å²) in [5, 5.41) is 2.72. The highest BCUT2D eigenvalue weighted by molar-refractivity contribution is 7.92. The summed E-state index contributed by atoms with van der Waals surface area (Å²) >= 11 is 0. The number of nitrogens with zero attached hydrogens (tertiary/aromatic N) is 2. The number of carbonyl (C=O) groups excluding carboxylic acids is 2. The second-order valence-corrected chi connectivity index (χ2v) is 8.94. The van der Waals surface area contributed by atoms with Crippen LogP contribution in [0.2, 0.25) is 0 Å². The molecule has 8 heteroatoms. The molecule has 148 valence electrons. The van der Waals surface area contributed by atoms with Gasteiger partial charge in [-0.3, -0.25) is 18.8 Å². The molecule has 7 nitrogen and oxygen atoms in total. The number of fused-ring (bicyclic) bond motifs is 1. The molecule has 2 amide bonds. The maximum absolute atomic E-state index is 13.1. The number of carbonyl (C=O) groups is 2. The smallest absolute Gasteiger partial charge is 0.248 e. The van der Waals surface area contributed by atoms with Crippen molar-refractivity contribution in [3.8, 4) is 0 Å². The van der Waals surface area contributed by atoms with Crippen molar-refractivity contribution in [2.45, 2.75) is 19.8 Å². The van der Waals surface area contributed by atoms with Crippen molar-refractivity contribution in [2.75, 3.05) is 33.9 Å².